The molecule has 15 heavy (non-hydrogen) atoms. The number of terminal acetylenes is 1. The van der Waals surface area contributed by atoms with E-state index in [1.807, 2.05) is 54.6 Å². The molecule has 2 aromatic rings. The Morgan fingerprint density at radius 3 is 2.20 bits per heavy atom. The van der Waals surface area contributed by atoms with E-state index in [1.165, 1.54) is 0 Å². The predicted molar refractivity (Wildman–Crippen MR) is 59.8 cm³/mol. The molecule has 0 unspecified atom stereocenters. The first-order chi connectivity index (χ1) is 6.93. The van der Waals surface area contributed by atoms with Crippen molar-refractivity contribution < 1.29 is 17.1 Å². The summed E-state index contributed by atoms with van der Waals surface area (Å²) in [6, 6.07) is 17.7. The van der Waals surface area contributed by atoms with E-state index in [9.17, 15) is 0 Å². The van der Waals surface area contributed by atoms with E-state index < -0.39 is 0 Å². The molecule has 0 N–H and O–H groups in total. The Hall–Kier alpha value is -1.66. The van der Waals surface area contributed by atoms with Crippen LogP contribution in [0.15, 0.2) is 54.6 Å². The van der Waals surface area contributed by atoms with Crippen LogP contribution in [0.4, 0.5) is 0 Å². The Bertz CT molecular complexity index is 399. The molecule has 0 saturated carbocycles. The molecule has 1 heteroatoms. The molecule has 0 atom stereocenters. The third-order valence-electron chi connectivity index (χ3n) is 1.50. The smallest absolute Gasteiger partial charge is 0.214 e. The van der Waals surface area contributed by atoms with Crippen molar-refractivity contribution in [3.8, 4) is 24.2 Å². The summed E-state index contributed by atoms with van der Waals surface area (Å²) in [5.41, 5.74) is 0.980. The first kappa shape index (κ1) is 13.3. The number of hydrogen-bond donors (Lipinski definition) is 0. The van der Waals surface area contributed by atoms with Gasteiger partial charge < -0.3 is 0 Å². The minimum atomic E-state index is 0. The molecule has 0 spiro atoms. The molecule has 0 aromatic heterocycles. The Morgan fingerprint density at radius 2 is 1.80 bits per heavy atom. The van der Waals surface area contributed by atoms with Crippen molar-refractivity contribution in [2.75, 3.05) is 0 Å². The zero-order chi connectivity index (χ0) is 10.1. The van der Waals surface area contributed by atoms with Gasteiger partial charge >= 0.3 is 17.1 Å². The molecule has 0 bridgehead atoms. The second-order valence-electron chi connectivity index (χ2n) is 2.53. The largest absolute Gasteiger partial charge is 2.00 e. The van der Waals surface area contributed by atoms with Crippen molar-refractivity contribution in [1.29, 1.82) is 0 Å². The molecule has 0 heterocycles. The minimum Gasteiger partial charge on any atom is -0.214 e. The van der Waals surface area contributed by atoms with Crippen LogP contribution in [0.1, 0.15) is 5.56 Å². The van der Waals surface area contributed by atoms with Gasteiger partial charge in [-0.15, -0.1) is 18.1 Å². The van der Waals surface area contributed by atoms with E-state index in [4.69, 9.17) is 6.42 Å². The van der Waals surface area contributed by atoms with Crippen LogP contribution in [0, 0.1) is 24.2 Å². The summed E-state index contributed by atoms with van der Waals surface area (Å²) in [7, 11) is 0. The van der Waals surface area contributed by atoms with Crippen LogP contribution in [0.25, 0.3) is 0 Å². The quantitative estimate of drug-likeness (QED) is 0.373. The maximum Gasteiger partial charge on any atom is 2.00 e. The summed E-state index contributed by atoms with van der Waals surface area (Å²) in [6.45, 7) is 0. The zero-order valence-corrected chi connectivity index (χ0v) is 9.23. The average Bonchev–Trinajstić information content (AvgIpc) is 2.90. The van der Waals surface area contributed by atoms with Gasteiger partial charge in [0.1, 0.15) is 0 Å². The van der Waals surface area contributed by atoms with E-state index in [0.29, 0.717) is 0 Å². The van der Waals surface area contributed by atoms with Gasteiger partial charge in [-0.1, -0.05) is 5.92 Å². The molecule has 2 aromatic carbocycles. The van der Waals surface area contributed by atoms with E-state index in [0.717, 1.165) is 5.56 Å². The summed E-state index contributed by atoms with van der Waals surface area (Å²) >= 11 is 0. The van der Waals surface area contributed by atoms with Gasteiger partial charge in [0.2, 0.25) is 0 Å². The molecule has 74 valence electrons. The minimum absolute atomic E-state index is 0. The molecule has 0 saturated heterocycles. The topological polar surface area (TPSA) is 0 Å². The third-order valence-corrected chi connectivity index (χ3v) is 1.50. The molecule has 0 nitrogen and oxygen atoms in total. The first-order valence-corrected chi connectivity index (χ1v) is 4.28. The fraction of sp³-hybridized carbons (Fsp3) is 0. The fourth-order valence-corrected chi connectivity index (χ4v) is 0.886. The van der Waals surface area contributed by atoms with Crippen molar-refractivity contribution >= 4 is 0 Å². The van der Waals surface area contributed by atoms with Crippen LogP contribution in [-0.4, -0.2) is 0 Å². The van der Waals surface area contributed by atoms with E-state index in [-0.39, 0.29) is 17.1 Å². The zero-order valence-electron chi connectivity index (χ0n) is 8.13. The van der Waals surface area contributed by atoms with E-state index in [2.05, 4.69) is 17.8 Å². The monoisotopic (exact) mass is 234 g/mol. The van der Waals surface area contributed by atoms with Crippen LogP contribution in [-0.2, 0) is 17.1 Å². The van der Waals surface area contributed by atoms with Crippen molar-refractivity contribution in [2.24, 2.45) is 0 Å². The van der Waals surface area contributed by atoms with Gasteiger partial charge in [-0.3, -0.25) is 0 Å². The number of hydrogen-bond acceptors (Lipinski definition) is 0. The molecule has 0 radical (unpaired) electrons. The van der Waals surface area contributed by atoms with E-state index >= 15 is 0 Å². The maximum absolute atomic E-state index is 4.92. The Morgan fingerprint density at radius 1 is 1.07 bits per heavy atom. The molecule has 0 aliphatic heterocycles. The van der Waals surface area contributed by atoms with Crippen LogP contribution in [0.5, 0.6) is 0 Å². The van der Waals surface area contributed by atoms with Gasteiger partial charge in [-0.2, -0.15) is 42.3 Å². The predicted octanol–water partition coefficient (Wildman–Crippen LogP) is 2.79. The van der Waals surface area contributed by atoms with Gasteiger partial charge in [0.25, 0.3) is 0 Å². The molecule has 0 aliphatic rings. The molecular formula is C14H10Fe. The summed E-state index contributed by atoms with van der Waals surface area (Å²) in [6.07, 6.45) is 4.92. The van der Waals surface area contributed by atoms with Gasteiger partial charge in [0.05, 0.1) is 0 Å². The molecule has 0 fully saturated rings. The van der Waals surface area contributed by atoms with Crippen LogP contribution in [0.2, 0.25) is 0 Å². The van der Waals surface area contributed by atoms with Gasteiger partial charge in [0.15, 0.2) is 0 Å². The van der Waals surface area contributed by atoms with Crippen molar-refractivity contribution in [3.05, 3.63) is 60.2 Å². The third kappa shape index (κ3) is 6.42. The Balaban J connectivity index is 0.000000280. The van der Waals surface area contributed by atoms with Crippen LogP contribution in [0.3, 0.4) is 0 Å². The number of rotatable bonds is 0. The Labute approximate surface area is 102 Å². The fourth-order valence-electron chi connectivity index (χ4n) is 0.886. The summed E-state index contributed by atoms with van der Waals surface area (Å²) in [5.74, 6) is 7.56. The van der Waals surface area contributed by atoms with Crippen LogP contribution >= 0.6 is 0 Å². The maximum atomic E-state index is 4.92. The molecule has 2 rings (SSSR count). The molecule has 0 aliphatic carbocycles. The normalized spacial score (nSPS) is 6.87. The van der Waals surface area contributed by atoms with E-state index in [1.54, 1.807) is 0 Å². The first-order valence-electron chi connectivity index (χ1n) is 4.28. The second-order valence-corrected chi connectivity index (χ2v) is 2.53. The van der Waals surface area contributed by atoms with Crippen molar-refractivity contribution in [3.63, 3.8) is 0 Å². The van der Waals surface area contributed by atoms with Gasteiger partial charge in [-0.25, -0.2) is 12.1 Å². The van der Waals surface area contributed by atoms with Crippen molar-refractivity contribution in [2.45, 2.75) is 0 Å². The average molecular weight is 234 g/mol. The molecule has 0 amide bonds. The van der Waals surface area contributed by atoms with Crippen molar-refractivity contribution in [1.82, 2.24) is 0 Å². The molecular weight excluding hydrogens is 224 g/mol. The SMILES string of the molecule is C#CC#Cc1ccc[cH-]1.[Fe+2].c1cc[cH-]c1. The summed E-state index contributed by atoms with van der Waals surface area (Å²) in [4.78, 5) is 0. The second kappa shape index (κ2) is 8.92. The van der Waals surface area contributed by atoms with Crippen LogP contribution < -0.4 is 0 Å². The summed E-state index contributed by atoms with van der Waals surface area (Å²) < 4.78 is 0. The van der Waals surface area contributed by atoms with Gasteiger partial charge in [-0.05, 0) is 5.92 Å². The standard InChI is InChI=1S/C9H5.C5H5.Fe/c1-2-3-6-9-7-4-5-8-9;1-2-4-5-3-1;/h1,4-5,7-8H;1-5H;/q2*-1;+2. The Kier molecular flexibility index (Phi) is 7.93. The van der Waals surface area contributed by atoms with Gasteiger partial charge in [0, 0.05) is 0 Å². The summed E-state index contributed by atoms with van der Waals surface area (Å²) in [5, 5.41) is 0.